The molecule has 0 unspecified atom stereocenters. The lowest BCUT2D eigenvalue weighted by Crippen LogP contribution is -2.47. The minimum absolute atomic E-state index is 0.0878. The van der Waals surface area contributed by atoms with Crippen molar-refractivity contribution in [3.8, 4) is 11.5 Å². The Morgan fingerprint density at radius 3 is 3.03 bits per heavy atom. The van der Waals surface area contributed by atoms with Crippen LogP contribution in [0.25, 0.3) is 6.08 Å². The van der Waals surface area contributed by atoms with Crippen LogP contribution in [-0.2, 0) is 11.3 Å². The van der Waals surface area contributed by atoms with Gasteiger partial charge in [0.25, 0.3) is 0 Å². The average molecular weight is 412 g/mol. The molecule has 3 fully saturated rings. The maximum atomic E-state index is 13.0. The van der Waals surface area contributed by atoms with Gasteiger partial charge in [-0.25, -0.2) is 4.98 Å². The van der Waals surface area contributed by atoms with E-state index in [-0.39, 0.29) is 12.0 Å². The second-order valence-corrected chi connectivity index (χ2v) is 8.78. The quantitative estimate of drug-likeness (QED) is 0.757. The molecule has 6 nitrogen and oxygen atoms in total. The summed E-state index contributed by atoms with van der Waals surface area (Å²) in [5.74, 6) is 2.11. The van der Waals surface area contributed by atoms with Gasteiger partial charge in [-0.1, -0.05) is 0 Å². The standard InChI is InChI=1S/C22H25N3O3S/c1-27-20-4-5-21-17(7-20)6-15(12-28-21)8-24-9-16-2-3-19(11-24)25(22(16)26)10-18-13-29-14-23-18/h4-7,13-14,16,19H,2-3,8-12H2,1H3/t16-,19+/m0/s1. The molecule has 0 aliphatic carbocycles. The number of amides is 1. The Labute approximate surface area is 174 Å². The van der Waals surface area contributed by atoms with Gasteiger partial charge in [0.1, 0.15) is 18.1 Å². The van der Waals surface area contributed by atoms with Gasteiger partial charge in [0.15, 0.2) is 0 Å². The summed E-state index contributed by atoms with van der Waals surface area (Å²) in [7, 11) is 1.68. The highest BCUT2D eigenvalue weighted by atomic mass is 32.1. The third kappa shape index (κ3) is 3.76. The topological polar surface area (TPSA) is 54.9 Å². The highest BCUT2D eigenvalue weighted by Crippen LogP contribution is 2.33. The van der Waals surface area contributed by atoms with E-state index in [9.17, 15) is 4.79 Å². The van der Waals surface area contributed by atoms with Gasteiger partial charge in [-0.05, 0) is 42.7 Å². The molecule has 3 saturated heterocycles. The summed E-state index contributed by atoms with van der Waals surface area (Å²) in [6.07, 6.45) is 4.28. The molecule has 0 radical (unpaired) electrons. The van der Waals surface area contributed by atoms with Crippen molar-refractivity contribution >= 4 is 23.3 Å². The van der Waals surface area contributed by atoms with Crippen molar-refractivity contribution in [2.24, 2.45) is 5.92 Å². The largest absolute Gasteiger partial charge is 0.497 e. The second kappa shape index (κ2) is 7.80. The maximum absolute atomic E-state index is 13.0. The molecule has 7 heteroatoms. The first kappa shape index (κ1) is 18.6. The molecular formula is C22H25N3O3S. The fourth-order valence-electron chi connectivity index (χ4n) is 4.67. The molecule has 6 rings (SSSR count). The molecule has 2 atom stereocenters. The van der Waals surface area contributed by atoms with E-state index in [0.29, 0.717) is 19.1 Å². The van der Waals surface area contributed by atoms with E-state index in [1.165, 1.54) is 5.57 Å². The van der Waals surface area contributed by atoms with Crippen LogP contribution < -0.4 is 9.47 Å². The molecule has 152 valence electrons. The third-order valence-corrected chi connectivity index (χ3v) is 6.74. The number of fused-ring (bicyclic) bond motifs is 5. The van der Waals surface area contributed by atoms with Gasteiger partial charge >= 0.3 is 0 Å². The minimum Gasteiger partial charge on any atom is -0.497 e. The highest BCUT2D eigenvalue weighted by molar-refractivity contribution is 7.07. The lowest BCUT2D eigenvalue weighted by atomic mass is 9.94. The SMILES string of the molecule is COc1ccc2c(c1)C=C(CN1C[C@@H]3CC[C@H](C1)N(Cc1cscn1)C3=O)CO2. The Balaban J connectivity index is 1.31. The summed E-state index contributed by atoms with van der Waals surface area (Å²) >= 11 is 1.59. The molecule has 4 aliphatic heterocycles. The van der Waals surface area contributed by atoms with Crippen LogP contribution in [0.15, 0.2) is 34.7 Å². The van der Waals surface area contributed by atoms with Gasteiger partial charge < -0.3 is 14.4 Å². The lowest BCUT2D eigenvalue weighted by molar-refractivity contribution is -0.140. The van der Waals surface area contributed by atoms with Crippen molar-refractivity contribution in [2.45, 2.75) is 25.4 Å². The Bertz CT molecular complexity index is 927. The van der Waals surface area contributed by atoms with E-state index in [2.05, 4.69) is 20.9 Å². The van der Waals surface area contributed by atoms with Crippen LogP contribution in [0.5, 0.6) is 11.5 Å². The summed E-state index contributed by atoms with van der Waals surface area (Å²) in [6.45, 7) is 3.80. The Hall–Kier alpha value is -2.38. The first-order valence-corrected chi connectivity index (χ1v) is 11.0. The molecule has 1 aromatic heterocycles. The van der Waals surface area contributed by atoms with Crippen molar-refractivity contribution in [1.29, 1.82) is 0 Å². The number of rotatable bonds is 5. The molecule has 29 heavy (non-hydrogen) atoms. The van der Waals surface area contributed by atoms with E-state index in [0.717, 1.165) is 55.2 Å². The summed E-state index contributed by atoms with van der Waals surface area (Å²) in [5.41, 5.74) is 5.14. The smallest absolute Gasteiger partial charge is 0.227 e. The number of methoxy groups -OCH3 is 1. The number of aromatic nitrogens is 1. The third-order valence-electron chi connectivity index (χ3n) is 6.10. The van der Waals surface area contributed by atoms with E-state index in [1.54, 1.807) is 18.4 Å². The molecule has 2 bridgehead atoms. The van der Waals surface area contributed by atoms with Gasteiger partial charge in [-0.3, -0.25) is 9.69 Å². The van der Waals surface area contributed by atoms with E-state index < -0.39 is 0 Å². The number of thiazole rings is 1. The van der Waals surface area contributed by atoms with Crippen molar-refractivity contribution in [3.05, 3.63) is 45.9 Å². The summed E-state index contributed by atoms with van der Waals surface area (Å²) in [5, 5.41) is 2.04. The van der Waals surface area contributed by atoms with Gasteiger partial charge in [0.2, 0.25) is 5.91 Å². The Morgan fingerprint density at radius 1 is 1.28 bits per heavy atom. The molecule has 2 aromatic rings. The summed E-state index contributed by atoms with van der Waals surface area (Å²) in [6, 6.07) is 6.16. The zero-order chi connectivity index (χ0) is 19.8. The van der Waals surface area contributed by atoms with E-state index in [4.69, 9.17) is 9.47 Å². The van der Waals surface area contributed by atoms with Gasteiger partial charge in [0.05, 0.1) is 30.8 Å². The predicted molar refractivity (Wildman–Crippen MR) is 112 cm³/mol. The molecule has 0 N–H and O–H groups in total. The number of carbonyl (C=O) groups excluding carboxylic acids is 1. The molecule has 1 amide bonds. The van der Waals surface area contributed by atoms with Gasteiger partial charge in [-0.15, -0.1) is 11.3 Å². The Morgan fingerprint density at radius 2 is 2.21 bits per heavy atom. The number of ether oxygens (including phenoxy) is 2. The fraction of sp³-hybridized carbons (Fsp3) is 0.455. The molecule has 5 heterocycles. The highest BCUT2D eigenvalue weighted by Gasteiger charge is 2.40. The van der Waals surface area contributed by atoms with Crippen molar-refractivity contribution < 1.29 is 14.3 Å². The lowest BCUT2D eigenvalue weighted by Gasteiger charge is -2.35. The van der Waals surface area contributed by atoms with Gasteiger partial charge in [0, 0.05) is 36.6 Å². The van der Waals surface area contributed by atoms with Crippen LogP contribution in [0.4, 0.5) is 0 Å². The fourth-order valence-corrected chi connectivity index (χ4v) is 5.21. The number of nitrogens with zero attached hydrogens (tertiary/aromatic N) is 3. The second-order valence-electron chi connectivity index (χ2n) is 8.06. The van der Waals surface area contributed by atoms with Gasteiger partial charge in [-0.2, -0.15) is 0 Å². The van der Waals surface area contributed by atoms with Crippen molar-refractivity contribution in [1.82, 2.24) is 14.8 Å². The molecule has 4 aliphatic rings. The first-order valence-electron chi connectivity index (χ1n) is 10.1. The van der Waals surface area contributed by atoms with Crippen LogP contribution in [-0.4, -0.2) is 60.1 Å². The normalized spacial score (nSPS) is 24.0. The molecule has 0 spiro atoms. The van der Waals surface area contributed by atoms with Crippen LogP contribution in [0.1, 0.15) is 24.1 Å². The first-order chi connectivity index (χ1) is 14.2. The average Bonchev–Trinajstić information content (AvgIpc) is 3.12. The zero-order valence-corrected chi connectivity index (χ0v) is 17.4. The molecule has 0 saturated carbocycles. The van der Waals surface area contributed by atoms with Crippen LogP contribution in [0, 0.1) is 5.92 Å². The maximum Gasteiger partial charge on any atom is 0.227 e. The van der Waals surface area contributed by atoms with E-state index >= 15 is 0 Å². The van der Waals surface area contributed by atoms with Crippen LogP contribution in [0.2, 0.25) is 0 Å². The molecular weight excluding hydrogens is 386 g/mol. The van der Waals surface area contributed by atoms with Crippen LogP contribution in [0.3, 0.4) is 0 Å². The monoisotopic (exact) mass is 411 g/mol. The molecule has 1 aromatic carbocycles. The summed E-state index contributed by atoms with van der Waals surface area (Å²) in [4.78, 5) is 21.9. The van der Waals surface area contributed by atoms with Crippen LogP contribution >= 0.6 is 11.3 Å². The summed E-state index contributed by atoms with van der Waals surface area (Å²) < 4.78 is 11.3. The van der Waals surface area contributed by atoms with E-state index in [1.807, 2.05) is 29.1 Å². The minimum atomic E-state index is 0.0878. The number of piperidine rings is 1. The number of hydrogen-bond donors (Lipinski definition) is 0. The zero-order valence-electron chi connectivity index (χ0n) is 16.5. The predicted octanol–water partition coefficient (Wildman–Crippen LogP) is 3.05. The number of hydrogen-bond acceptors (Lipinski definition) is 6. The van der Waals surface area contributed by atoms with Crippen molar-refractivity contribution in [2.75, 3.05) is 33.4 Å². The Kier molecular flexibility index (Phi) is 5.01. The number of carbonyl (C=O) groups is 1. The van der Waals surface area contributed by atoms with Crippen molar-refractivity contribution in [3.63, 3.8) is 0 Å². The number of benzene rings is 1.